The van der Waals surface area contributed by atoms with Gasteiger partial charge in [0.25, 0.3) is 0 Å². The van der Waals surface area contributed by atoms with E-state index >= 15 is 0 Å². The molecule has 2 N–H and O–H groups in total. The maximum Gasteiger partial charge on any atom is 0.0553 e. The molecule has 5 rings (SSSR count). The lowest BCUT2D eigenvalue weighted by Crippen LogP contribution is -2.29. The zero-order chi connectivity index (χ0) is 18.2. The zero-order valence-corrected chi connectivity index (χ0v) is 15.7. The number of nitrogens with one attached hydrogen (secondary N) is 2. The fourth-order valence-corrected chi connectivity index (χ4v) is 4.49. The van der Waals surface area contributed by atoms with Crippen molar-refractivity contribution in [1.82, 2.24) is 0 Å². The zero-order valence-electron chi connectivity index (χ0n) is 14.9. The molecule has 1 aliphatic heterocycles. The molecule has 2 aliphatic rings. The van der Waals surface area contributed by atoms with Crippen LogP contribution in [0.5, 0.6) is 0 Å². The summed E-state index contributed by atoms with van der Waals surface area (Å²) < 4.78 is 0. The van der Waals surface area contributed by atoms with Gasteiger partial charge < -0.3 is 10.6 Å². The maximum absolute atomic E-state index is 6.09. The van der Waals surface area contributed by atoms with Crippen LogP contribution in [0.1, 0.15) is 29.5 Å². The van der Waals surface area contributed by atoms with E-state index in [-0.39, 0.29) is 0 Å². The molecule has 0 amide bonds. The van der Waals surface area contributed by atoms with Crippen molar-refractivity contribution in [3.63, 3.8) is 0 Å². The van der Waals surface area contributed by atoms with E-state index in [1.807, 2.05) is 18.2 Å². The van der Waals surface area contributed by atoms with Gasteiger partial charge in [0.2, 0.25) is 0 Å². The molecule has 3 aromatic carbocycles. The summed E-state index contributed by atoms with van der Waals surface area (Å²) in [5.74, 6) is 0.977. The van der Waals surface area contributed by atoms with E-state index in [4.69, 9.17) is 11.6 Å². The van der Waals surface area contributed by atoms with Crippen LogP contribution in [-0.2, 0) is 0 Å². The standard InChI is InChI=1S/C24H21ClN2/c25-17-11-9-16(10-12-17)24-21-8-4-7-20(21)22-15-19(13-14-23(22)27-24)26-18-5-2-1-3-6-18/h1-7,9-15,20-21,24,26-27H,8H2. The topological polar surface area (TPSA) is 24.1 Å². The first-order chi connectivity index (χ1) is 13.3. The highest BCUT2D eigenvalue weighted by Crippen LogP contribution is 2.50. The Morgan fingerprint density at radius 1 is 0.889 bits per heavy atom. The smallest absolute Gasteiger partial charge is 0.0553 e. The van der Waals surface area contributed by atoms with Gasteiger partial charge in [0.1, 0.15) is 0 Å². The number of benzene rings is 3. The van der Waals surface area contributed by atoms with Crippen molar-refractivity contribution in [2.24, 2.45) is 5.92 Å². The molecule has 0 bridgehead atoms. The van der Waals surface area contributed by atoms with Crippen LogP contribution in [0, 0.1) is 5.92 Å². The Morgan fingerprint density at radius 3 is 2.52 bits per heavy atom. The van der Waals surface area contributed by atoms with Crippen LogP contribution in [0.15, 0.2) is 84.9 Å². The van der Waals surface area contributed by atoms with Gasteiger partial charge in [0, 0.05) is 28.0 Å². The van der Waals surface area contributed by atoms with Crippen molar-refractivity contribution in [1.29, 1.82) is 0 Å². The lowest BCUT2D eigenvalue weighted by atomic mass is 9.77. The minimum atomic E-state index is 0.308. The molecule has 2 nitrogen and oxygen atoms in total. The minimum Gasteiger partial charge on any atom is -0.378 e. The summed E-state index contributed by atoms with van der Waals surface area (Å²) in [5, 5.41) is 8.09. The minimum absolute atomic E-state index is 0.308. The summed E-state index contributed by atoms with van der Waals surface area (Å²) in [6.07, 6.45) is 5.80. The first kappa shape index (κ1) is 16.5. The fraction of sp³-hybridized carbons (Fsp3) is 0.167. The van der Waals surface area contributed by atoms with Gasteiger partial charge in [-0.3, -0.25) is 0 Å². The average molecular weight is 373 g/mol. The van der Waals surface area contributed by atoms with Gasteiger partial charge in [-0.1, -0.05) is 54.1 Å². The van der Waals surface area contributed by atoms with E-state index < -0.39 is 0 Å². The molecule has 1 aliphatic carbocycles. The second-order valence-corrected chi connectivity index (χ2v) is 7.76. The predicted molar refractivity (Wildman–Crippen MR) is 114 cm³/mol. The van der Waals surface area contributed by atoms with Gasteiger partial charge >= 0.3 is 0 Å². The van der Waals surface area contributed by atoms with Crippen LogP contribution < -0.4 is 10.6 Å². The van der Waals surface area contributed by atoms with Crippen LogP contribution >= 0.6 is 11.6 Å². The average Bonchev–Trinajstić information content (AvgIpc) is 3.19. The molecule has 27 heavy (non-hydrogen) atoms. The van der Waals surface area contributed by atoms with Crippen LogP contribution in [0.25, 0.3) is 0 Å². The Kier molecular flexibility index (Phi) is 4.14. The Balaban J connectivity index is 1.48. The Bertz CT molecular complexity index is 979. The third kappa shape index (κ3) is 3.11. The second-order valence-electron chi connectivity index (χ2n) is 7.32. The molecule has 0 spiro atoms. The highest BCUT2D eigenvalue weighted by Gasteiger charge is 2.37. The van der Waals surface area contributed by atoms with Gasteiger partial charge in [-0.2, -0.15) is 0 Å². The number of para-hydroxylation sites is 1. The largest absolute Gasteiger partial charge is 0.378 e. The monoisotopic (exact) mass is 372 g/mol. The number of halogens is 1. The number of anilines is 3. The van der Waals surface area contributed by atoms with Gasteiger partial charge in [-0.15, -0.1) is 0 Å². The van der Waals surface area contributed by atoms with E-state index in [0.717, 1.165) is 22.8 Å². The molecule has 0 radical (unpaired) electrons. The predicted octanol–water partition coefficient (Wildman–Crippen LogP) is 6.91. The van der Waals surface area contributed by atoms with Crippen molar-refractivity contribution in [3.05, 3.63) is 101 Å². The molecule has 0 fully saturated rings. The Hall–Kier alpha value is -2.71. The van der Waals surface area contributed by atoms with E-state index in [2.05, 4.69) is 77.4 Å². The maximum atomic E-state index is 6.09. The lowest BCUT2D eigenvalue weighted by molar-refractivity contribution is 0.426. The SMILES string of the molecule is Clc1ccc(C2Nc3ccc(Nc4ccccc4)cc3C3C=CCC32)cc1. The number of rotatable bonds is 3. The molecule has 3 aromatic rings. The van der Waals surface area contributed by atoms with Crippen LogP contribution in [0.4, 0.5) is 17.1 Å². The normalized spacial score (nSPS) is 22.6. The van der Waals surface area contributed by atoms with Crippen molar-refractivity contribution in [2.45, 2.75) is 18.4 Å². The Labute approximate surface area is 164 Å². The van der Waals surface area contributed by atoms with Gasteiger partial charge in [-0.05, 0) is 65.9 Å². The number of fused-ring (bicyclic) bond motifs is 3. The summed E-state index contributed by atoms with van der Waals surface area (Å²) >= 11 is 6.09. The van der Waals surface area contributed by atoms with E-state index in [9.17, 15) is 0 Å². The van der Waals surface area contributed by atoms with Crippen molar-refractivity contribution in [3.8, 4) is 0 Å². The second kappa shape index (κ2) is 6.79. The van der Waals surface area contributed by atoms with Gasteiger partial charge in [0.15, 0.2) is 0 Å². The quantitative estimate of drug-likeness (QED) is 0.488. The molecule has 0 aromatic heterocycles. The molecular formula is C24H21ClN2. The first-order valence-electron chi connectivity index (χ1n) is 9.42. The molecule has 134 valence electrons. The number of allylic oxidation sites excluding steroid dienone is 2. The van der Waals surface area contributed by atoms with E-state index in [1.165, 1.54) is 16.8 Å². The van der Waals surface area contributed by atoms with Crippen LogP contribution in [-0.4, -0.2) is 0 Å². The van der Waals surface area contributed by atoms with Crippen LogP contribution in [0.3, 0.4) is 0 Å². The molecular weight excluding hydrogens is 352 g/mol. The summed E-state index contributed by atoms with van der Waals surface area (Å²) in [4.78, 5) is 0. The van der Waals surface area contributed by atoms with Crippen molar-refractivity contribution in [2.75, 3.05) is 10.6 Å². The highest BCUT2D eigenvalue weighted by molar-refractivity contribution is 6.30. The molecule has 3 unspecified atom stereocenters. The van der Waals surface area contributed by atoms with E-state index in [0.29, 0.717) is 17.9 Å². The summed E-state index contributed by atoms with van der Waals surface area (Å²) in [6.45, 7) is 0. The summed E-state index contributed by atoms with van der Waals surface area (Å²) in [5.41, 5.74) is 6.14. The summed E-state index contributed by atoms with van der Waals surface area (Å²) in [6, 6.07) is 25.5. The van der Waals surface area contributed by atoms with Crippen molar-refractivity contribution < 1.29 is 0 Å². The Morgan fingerprint density at radius 2 is 1.70 bits per heavy atom. The molecule has 0 saturated heterocycles. The number of hydrogen-bond acceptors (Lipinski definition) is 2. The highest BCUT2D eigenvalue weighted by atomic mass is 35.5. The fourth-order valence-electron chi connectivity index (χ4n) is 4.36. The van der Waals surface area contributed by atoms with Crippen LogP contribution in [0.2, 0.25) is 5.02 Å². The number of hydrogen-bond donors (Lipinski definition) is 2. The third-order valence-electron chi connectivity index (χ3n) is 5.65. The van der Waals surface area contributed by atoms with Gasteiger partial charge in [0.05, 0.1) is 6.04 Å². The first-order valence-corrected chi connectivity index (χ1v) is 9.80. The lowest BCUT2D eigenvalue weighted by Gasteiger charge is -2.37. The third-order valence-corrected chi connectivity index (χ3v) is 5.91. The molecule has 0 saturated carbocycles. The molecule has 1 heterocycles. The molecule has 3 heteroatoms. The molecule has 3 atom stereocenters. The van der Waals surface area contributed by atoms with Gasteiger partial charge in [-0.25, -0.2) is 0 Å². The van der Waals surface area contributed by atoms with E-state index in [1.54, 1.807) is 0 Å². The van der Waals surface area contributed by atoms with Crippen molar-refractivity contribution >= 4 is 28.7 Å². The summed E-state index contributed by atoms with van der Waals surface area (Å²) in [7, 11) is 0.